The second-order valence-electron chi connectivity index (χ2n) is 3.04. The number of hydrogen-bond donors (Lipinski definition) is 0. The van der Waals surface area contributed by atoms with E-state index in [1.165, 1.54) is 0 Å². The zero-order chi connectivity index (χ0) is 8.36. The molecule has 60 valence electrons. The van der Waals surface area contributed by atoms with Crippen LogP contribution in [0.3, 0.4) is 0 Å². The van der Waals surface area contributed by atoms with Crippen molar-refractivity contribution in [3.8, 4) is 0 Å². The third kappa shape index (κ3) is 3.96. The smallest absolute Gasteiger partial charge is 0.405 e. The number of rotatable bonds is 1. The van der Waals surface area contributed by atoms with E-state index >= 15 is 0 Å². The first-order valence-corrected chi connectivity index (χ1v) is 3.65. The zero-order valence-corrected chi connectivity index (χ0v) is 7.66. The van der Waals surface area contributed by atoms with Gasteiger partial charge in [-0.1, -0.05) is 32.4 Å². The lowest BCUT2D eigenvalue weighted by atomic mass is 9.98. The van der Waals surface area contributed by atoms with Gasteiger partial charge in [-0.25, -0.2) is 4.79 Å². The first-order valence-electron chi connectivity index (χ1n) is 2.84. The van der Waals surface area contributed by atoms with E-state index in [1.54, 1.807) is 0 Å². The molecule has 1 unspecified atom stereocenters. The SMILES string of the molecule is CC(C)(C)C(Cl)OC(=O)Cl. The van der Waals surface area contributed by atoms with Crippen molar-refractivity contribution in [2.45, 2.75) is 26.3 Å². The Hall–Kier alpha value is 0.0500. The van der Waals surface area contributed by atoms with E-state index in [1.807, 2.05) is 20.8 Å². The van der Waals surface area contributed by atoms with Crippen LogP contribution in [0, 0.1) is 5.41 Å². The fourth-order valence-corrected chi connectivity index (χ4v) is 0.474. The van der Waals surface area contributed by atoms with E-state index in [0.29, 0.717) is 0 Å². The lowest BCUT2D eigenvalue weighted by Gasteiger charge is -2.23. The molecule has 0 saturated carbocycles. The summed E-state index contributed by atoms with van der Waals surface area (Å²) in [6.07, 6.45) is 0. The summed E-state index contributed by atoms with van der Waals surface area (Å²) in [6.45, 7) is 5.56. The Morgan fingerprint density at radius 3 is 2.00 bits per heavy atom. The topological polar surface area (TPSA) is 26.3 Å². The fourth-order valence-electron chi connectivity index (χ4n) is 0.258. The molecule has 0 aromatic rings. The van der Waals surface area contributed by atoms with Gasteiger partial charge in [-0.05, 0) is 0 Å². The van der Waals surface area contributed by atoms with Crippen LogP contribution in [0.5, 0.6) is 0 Å². The van der Waals surface area contributed by atoms with Gasteiger partial charge in [0, 0.05) is 17.0 Å². The van der Waals surface area contributed by atoms with E-state index in [-0.39, 0.29) is 5.41 Å². The number of carbonyl (C=O) groups is 1. The Kier molecular flexibility index (Phi) is 3.46. The lowest BCUT2D eigenvalue weighted by Crippen LogP contribution is -2.24. The Bertz CT molecular complexity index is 128. The van der Waals surface area contributed by atoms with Crippen molar-refractivity contribution in [2.75, 3.05) is 0 Å². The molecule has 10 heavy (non-hydrogen) atoms. The Morgan fingerprint density at radius 1 is 1.50 bits per heavy atom. The summed E-state index contributed by atoms with van der Waals surface area (Å²) in [4.78, 5) is 10.2. The van der Waals surface area contributed by atoms with Crippen LogP contribution in [-0.2, 0) is 4.74 Å². The molecular formula is C6H10Cl2O2. The highest BCUT2D eigenvalue weighted by Crippen LogP contribution is 2.25. The lowest BCUT2D eigenvalue weighted by molar-refractivity contribution is 0.101. The largest absolute Gasteiger partial charge is 0.433 e. The number of hydrogen-bond acceptors (Lipinski definition) is 2. The van der Waals surface area contributed by atoms with Gasteiger partial charge in [0.05, 0.1) is 0 Å². The summed E-state index contributed by atoms with van der Waals surface area (Å²) >= 11 is 10.6. The molecule has 0 heterocycles. The van der Waals surface area contributed by atoms with Gasteiger partial charge in [-0.2, -0.15) is 0 Å². The second-order valence-corrected chi connectivity index (χ2v) is 3.74. The van der Waals surface area contributed by atoms with Crippen molar-refractivity contribution in [3.05, 3.63) is 0 Å². The van der Waals surface area contributed by atoms with Crippen molar-refractivity contribution in [3.63, 3.8) is 0 Å². The highest BCUT2D eigenvalue weighted by atomic mass is 35.5. The predicted octanol–water partition coefficient (Wildman–Crippen LogP) is 2.97. The monoisotopic (exact) mass is 184 g/mol. The maximum atomic E-state index is 10.2. The van der Waals surface area contributed by atoms with Crippen molar-refractivity contribution >= 4 is 28.6 Å². The molecule has 0 aromatic carbocycles. The van der Waals surface area contributed by atoms with Crippen molar-refractivity contribution in [1.82, 2.24) is 0 Å². The molecule has 0 radical (unpaired) electrons. The van der Waals surface area contributed by atoms with Crippen LogP contribution >= 0.6 is 23.2 Å². The van der Waals surface area contributed by atoms with Crippen LogP contribution in [0.25, 0.3) is 0 Å². The standard InChI is InChI=1S/C6H10Cl2O2/c1-6(2,3)4(7)10-5(8)9/h4H,1-3H3. The normalized spacial score (nSPS) is 14.5. The summed E-state index contributed by atoms with van der Waals surface area (Å²) in [5.41, 5.74) is -1.81. The number of halogens is 2. The van der Waals surface area contributed by atoms with Gasteiger partial charge >= 0.3 is 5.43 Å². The van der Waals surface area contributed by atoms with Gasteiger partial charge in [0.15, 0.2) is 5.56 Å². The number of ether oxygens (including phenoxy) is 1. The molecular weight excluding hydrogens is 175 g/mol. The van der Waals surface area contributed by atoms with Crippen LogP contribution < -0.4 is 0 Å². The molecule has 0 bridgehead atoms. The van der Waals surface area contributed by atoms with E-state index < -0.39 is 11.0 Å². The average Bonchev–Trinajstić information content (AvgIpc) is 1.60. The summed E-state index contributed by atoms with van der Waals surface area (Å²) in [7, 11) is 0. The quantitative estimate of drug-likeness (QED) is 0.463. The molecule has 0 aliphatic rings. The molecule has 0 N–H and O–H groups in total. The van der Waals surface area contributed by atoms with Gasteiger partial charge in [-0.3, -0.25) is 0 Å². The maximum absolute atomic E-state index is 10.2. The third-order valence-electron chi connectivity index (χ3n) is 0.877. The number of alkyl halides is 1. The Morgan fingerprint density at radius 2 is 1.90 bits per heavy atom. The molecule has 0 spiro atoms. The molecule has 0 aromatic heterocycles. The van der Waals surface area contributed by atoms with Crippen LogP contribution in [0.2, 0.25) is 0 Å². The van der Waals surface area contributed by atoms with Gasteiger partial charge in [0.2, 0.25) is 0 Å². The Labute approximate surface area is 70.4 Å². The zero-order valence-electron chi connectivity index (χ0n) is 6.15. The van der Waals surface area contributed by atoms with Crippen molar-refractivity contribution in [1.29, 1.82) is 0 Å². The number of carbonyl (C=O) groups excluding carboxylic acids is 1. The van der Waals surface area contributed by atoms with Crippen molar-refractivity contribution in [2.24, 2.45) is 5.41 Å². The predicted molar refractivity (Wildman–Crippen MR) is 41.4 cm³/mol. The molecule has 0 saturated heterocycles. The fraction of sp³-hybridized carbons (Fsp3) is 0.833. The molecule has 1 atom stereocenters. The Balaban J connectivity index is 3.85. The minimum Gasteiger partial charge on any atom is -0.433 e. The van der Waals surface area contributed by atoms with Crippen molar-refractivity contribution < 1.29 is 9.53 Å². The first-order chi connectivity index (χ1) is 4.34. The molecule has 0 aliphatic carbocycles. The second kappa shape index (κ2) is 3.44. The average molecular weight is 185 g/mol. The highest BCUT2D eigenvalue weighted by Gasteiger charge is 2.25. The highest BCUT2D eigenvalue weighted by molar-refractivity contribution is 6.61. The van der Waals surface area contributed by atoms with E-state index in [9.17, 15) is 4.79 Å². The molecule has 2 nitrogen and oxygen atoms in total. The maximum Gasteiger partial charge on any atom is 0.405 e. The van der Waals surface area contributed by atoms with Gasteiger partial charge in [0.25, 0.3) is 0 Å². The molecule has 0 amide bonds. The van der Waals surface area contributed by atoms with Crippen LogP contribution in [0.4, 0.5) is 4.79 Å². The van der Waals surface area contributed by atoms with Gasteiger partial charge in [-0.15, -0.1) is 0 Å². The van der Waals surface area contributed by atoms with E-state index in [0.717, 1.165) is 0 Å². The summed E-state index contributed by atoms with van der Waals surface area (Å²) in [5.74, 6) is 0. The molecule has 0 aliphatic heterocycles. The molecule has 0 fully saturated rings. The van der Waals surface area contributed by atoms with E-state index in [2.05, 4.69) is 4.74 Å². The van der Waals surface area contributed by atoms with Crippen LogP contribution in [-0.4, -0.2) is 11.0 Å². The first kappa shape index (κ1) is 10.0. The molecule has 4 heteroatoms. The van der Waals surface area contributed by atoms with Gasteiger partial charge < -0.3 is 4.74 Å². The minimum absolute atomic E-state index is 0.272. The minimum atomic E-state index is -0.866. The van der Waals surface area contributed by atoms with Gasteiger partial charge in [0.1, 0.15) is 0 Å². The summed E-state index contributed by atoms with van der Waals surface area (Å²) < 4.78 is 4.51. The van der Waals surface area contributed by atoms with E-state index in [4.69, 9.17) is 23.2 Å². The molecule has 0 rings (SSSR count). The summed E-state index contributed by atoms with van der Waals surface area (Å²) in [6, 6.07) is 0. The van der Waals surface area contributed by atoms with Crippen LogP contribution in [0.15, 0.2) is 0 Å². The third-order valence-corrected chi connectivity index (χ3v) is 1.71. The summed E-state index contributed by atoms with van der Waals surface area (Å²) in [5, 5.41) is 0. The van der Waals surface area contributed by atoms with Crippen LogP contribution in [0.1, 0.15) is 20.8 Å².